The molecule has 2 aromatic carbocycles. The van der Waals surface area contributed by atoms with Gasteiger partial charge < -0.3 is 14.8 Å². The van der Waals surface area contributed by atoms with Crippen LogP contribution in [0.25, 0.3) is 0 Å². The Morgan fingerprint density at radius 3 is 2.82 bits per heavy atom. The molecule has 1 unspecified atom stereocenters. The first-order chi connectivity index (χ1) is 13.6. The molecule has 0 bridgehead atoms. The van der Waals surface area contributed by atoms with Gasteiger partial charge in [0.05, 0.1) is 26.3 Å². The minimum atomic E-state index is 0.0575. The first-order valence-corrected chi connectivity index (χ1v) is 9.96. The molecule has 2 aromatic rings. The van der Waals surface area contributed by atoms with Crippen molar-refractivity contribution >= 4 is 5.91 Å². The quantitative estimate of drug-likeness (QED) is 0.756. The van der Waals surface area contributed by atoms with Gasteiger partial charge in [-0.25, -0.2) is 0 Å². The van der Waals surface area contributed by atoms with Crippen molar-refractivity contribution in [3.63, 3.8) is 0 Å². The Kier molecular flexibility index (Phi) is 6.93. The van der Waals surface area contributed by atoms with Gasteiger partial charge in [-0.3, -0.25) is 9.69 Å². The molecule has 0 fully saturated rings. The topological polar surface area (TPSA) is 50.8 Å². The molecule has 0 radical (unpaired) electrons. The lowest BCUT2D eigenvalue weighted by Crippen LogP contribution is -2.38. The maximum absolute atomic E-state index is 12.6. The van der Waals surface area contributed by atoms with E-state index in [0.717, 1.165) is 36.3 Å². The largest absolute Gasteiger partial charge is 0.493 e. The first kappa shape index (κ1) is 20.2. The maximum atomic E-state index is 12.6. The van der Waals surface area contributed by atoms with Crippen LogP contribution in [0.5, 0.6) is 11.5 Å². The molecule has 1 atom stereocenters. The molecule has 5 heteroatoms. The Morgan fingerprint density at radius 1 is 1.21 bits per heavy atom. The molecule has 0 saturated carbocycles. The predicted octanol–water partition coefficient (Wildman–Crippen LogP) is 3.72. The van der Waals surface area contributed by atoms with E-state index >= 15 is 0 Å². The lowest BCUT2D eigenvalue weighted by atomic mass is 9.88. The van der Waals surface area contributed by atoms with Gasteiger partial charge in [-0.1, -0.05) is 30.3 Å². The molecular formula is C23H30N2O3. The van der Waals surface area contributed by atoms with E-state index in [1.165, 1.54) is 11.1 Å². The summed E-state index contributed by atoms with van der Waals surface area (Å²) >= 11 is 0. The summed E-state index contributed by atoms with van der Waals surface area (Å²) in [5, 5.41) is 3.21. The second-order valence-electron chi connectivity index (χ2n) is 7.30. The fraction of sp³-hybridized carbons (Fsp3) is 0.435. The van der Waals surface area contributed by atoms with Crippen molar-refractivity contribution in [1.82, 2.24) is 10.2 Å². The van der Waals surface area contributed by atoms with Gasteiger partial charge in [0.2, 0.25) is 5.91 Å². The van der Waals surface area contributed by atoms with Crippen molar-refractivity contribution in [3.8, 4) is 11.5 Å². The zero-order valence-corrected chi connectivity index (χ0v) is 17.0. The van der Waals surface area contributed by atoms with Gasteiger partial charge in [-0.15, -0.1) is 0 Å². The summed E-state index contributed by atoms with van der Waals surface area (Å²) < 4.78 is 11.0. The van der Waals surface area contributed by atoms with Crippen LogP contribution < -0.4 is 14.8 Å². The van der Waals surface area contributed by atoms with Gasteiger partial charge in [-0.2, -0.15) is 0 Å². The maximum Gasteiger partial charge on any atom is 0.234 e. The summed E-state index contributed by atoms with van der Waals surface area (Å²) in [6, 6.07) is 14.4. The van der Waals surface area contributed by atoms with Crippen LogP contribution in [-0.2, 0) is 17.8 Å². The summed E-state index contributed by atoms with van der Waals surface area (Å²) in [4.78, 5) is 14.6. The summed E-state index contributed by atoms with van der Waals surface area (Å²) in [5.41, 5.74) is 3.70. The Hall–Kier alpha value is -2.53. The highest BCUT2D eigenvalue weighted by Crippen LogP contribution is 2.30. The van der Waals surface area contributed by atoms with Crippen LogP contribution in [0.3, 0.4) is 0 Å². The van der Waals surface area contributed by atoms with E-state index in [0.29, 0.717) is 19.7 Å². The third-order valence-electron chi connectivity index (χ3n) is 5.10. The Bertz CT molecular complexity index is 806. The average Bonchev–Trinajstić information content (AvgIpc) is 2.69. The normalized spacial score (nSPS) is 15.8. The highest BCUT2D eigenvalue weighted by molar-refractivity contribution is 5.78. The van der Waals surface area contributed by atoms with Gasteiger partial charge in [0.1, 0.15) is 0 Å². The van der Waals surface area contributed by atoms with Crippen molar-refractivity contribution in [1.29, 1.82) is 0 Å². The molecule has 28 heavy (non-hydrogen) atoms. The summed E-state index contributed by atoms with van der Waals surface area (Å²) in [5.74, 6) is 1.52. The molecule has 1 N–H and O–H groups in total. The van der Waals surface area contributed by atoms with Crippen LogP contribution in [0.1, 0.15) is 42.5 Å². The Labute approximate surface area is 167 Å². The fourth-order valence-corrected chi connectivity index (χ4v) is 3.84. The van der Waals surface area contributed by atoms with E-state index in [4.69, 9.17) is 9.47 Å². The van der Waals surface area contributed by atoms with E-state index in [1.807, 2.05) is 37.1 Å². The molecule has 0 spiro atoms. The third-order valence-corrected chi connectivity index (χ3v) is 5.10. The molecule has 0 heterocycles. The van der Waals surface area contributed by atoms with Crippen molar-refractivity contribution < 1.29 is 14.3 Å². The second-order valence-corrected chi connectivity index (χ2v) is 7.30. The number of fused-ring (bicyclic) bond motifs is 1. The first-order valence-electron chi connectivity index (χ1n) is 9.96. The van der Waals surface area contributed by atoms with Crippen molar-refractivity contribution in [2.24, 2.45) is 0 Å². The van der Waals surface area contributed by atoms with E-state index in [9.17, 15) is 4.79 Å². The molecule has 0 aromatic heterocycles. The number of rotatable bonds is 8. The standard InChI is InChI=1S/C23H30N2O3/c1-4-28-21-13-12-17(14-22(21)27-3)15-25(2)16-23(26)24-20-11-7-9-18-8-5-6-10-19(18)20/h5-6,8,10,12-14,20H,4,7,9,11,15-16H2,1-3H3,(H,24,26). The molecule has 1 amide bonds. The number of methoxy groups -OCH3 is 1. The van der Waals surface area contributed by atoms with Gasteiger partial charge >= 0.3 is 0 Å². The molecule has 1 aliphatic rings. The zero-order valence-electron chi connectivity index (χ0n) is 17.0. The lowest BCUT2D eigenvalue weighted by Gasteiger charge is -2.27. The Morgan fingerprint density at radius 2 is 2.04 bits per heavy atom. The molecular weight excluding hydrogens is 352 g/mol. The van der Waals surface area contributed by atoms with Gasteiger partial charge in [-0.05, 0) is 62.1 Å². The Balaban J connectivity index is 1.56. The second kappa shape index (κ2) is 9.60. The molecule has 0 aliphatic heterocycles. The number of hydrogen-bond acceptors (Lipinski definition) is 4. The van der Waals surface area contributed by atoms with Crippen molar-refractivity contribution in [3.05, 3.63) is 59.2 Å². The summed E-state index contributed by atoms with van der Waals surface area (Å²) in [6.07, 6.45) is 3.22. The van der Waals surface area contributed by atoms with E-state index in [1.54, 1.807) is 7.11 Å². The average molecular weight is 383 g/mol. The highest BCUT2D eigenvalue weighted by atomic mass is 16.5. The summed E-state index contributed by atoms with van der Waals surface area (Å²) in [6.45, 7) is 3.57. The van der Waals surface area contributed by atoms with Gasteiger partial charge in [0.25, 0.3) is 0 Å². The van der Waals surface area contributed by atoms with Crippen LogP contribution in [0.4, 0.5) is 0 Å². The molecule has 0 saturated heterocycles. The van der Waals surface area contributed by atoms with Crippen LogP contribution in [-0.4, -0.2) is 38.1 Å². The predicted molar refractivity (Wildman–Crippen MR) is 111 cm³/mol. The minimum absolute atomic E-state index is 0.0575. The van der Waals surface area contributed by atoms with Crippen molar-refractivity contribution in [2.45, 2.75) is 38.8 Å². The number of ether oxygens (including phenoxy) is 2. The smallest absolute Gasteiger partial charge is 0.234 e. The van der Waals surface area contributed by atoms with Crippen LogP contribution in [0.15, 0.2) is 42.5 Å². The number of likely N-dealkylation sites (N-methyl/N-ethyl adjacent to an activating group) is 1. The van der Waals surface area contributed by atoms with Gasteiger partial charge in [0.15, 0.2) is 11.5 Å². The van der Waals surface area contributed by atoms with Crippen LogP contribution in [0.2, 0.25) is 0 Å². The lowest BCUT2D eigenvalue weighted by molar-refractivity contribution is -0.122. The van der Waals surface area contributed by atoms with Crippen LogP contribution in [0, 0.1) is 0 Å². The highest BCUT2D eigenvalue weighted by Gasteiger charge is 2.21. The van der Waals surface area contributed by atoms with E-state index in [-0.39, 0.29) is 11.9 Å². The third kappa shape index (κ3) is 5.04. The number of carbonyl (C=O) groups excluding carboxylic acids is 1. The van der Waals surface area contributed by atoms with Crippen LogP contribution >= 0.6 is 0 Å². The monoisotopic (exact) mass is 382 g/mol. The zero-order chi connectivity index (χ0) is 19.9. The molecule has 3 rings (SSSR count). The summed E-state index contributed by atoms with van der Waals surface area (Å²) in [7, 11) is 3.60. The number of nitrogens with one attached hydrogen (secondary N) is 1. The number of benzene rings is 2. The number of hydrogen-bond donors (Lipinski definition) is 1. The SMILES string of the molecule is CCOc1ccc(CN(C)CC(=O)NC2CCCc3ccccc32)cc1OC. The van der Waals surface area contributed by atoms with Gasteiger partial charge in [0, 0.05) is 6.54 Å². The molecule has 150 valence electrons. The molecule has 1 aliphatic carbocycles. The fourth-order valence-electron chi connectivity index (χ4n) is 3.84. The number of amides is 1. The number of aryl methyl sites for hydroxylation is 1. The van der Waals surface area contributed by atoms with E-state index in [2.05, 4.69) is 29.6 Å². The van der Waals surface area contributed by atoms with E-state index < -0.39 is 0 Å². The minimum Gasteiger partial charge on any atom is -0.493 e. The molecule has 5 nitrogen and oxygen atoms in total. The number of nitrogens with zero attached hydrogens (tertiary/aromatic N) is 1. The van der Waals surface area contributed by atoms with Crippen molar-refractivity contribution in [2.75, 3.05) is 27.3 Å². The number of carbonyl (C=O) groups is 1.